The summed E-state index contributed by atoms with van der Waals surface area (Å²) in [5, 5.41) is 0. The third kappa shape index (κ3) is 5.23. The molecule has 1 heteroatoms. The molecular formula is C13H25N. The quantitative estimate of drug-likeness (QED) is 0.643. The van der Waals surface area contributed by atoms with Gasteiger partial charge in [0.25, 0.3) is 0 Å². The number of nitrogens with two attached hydrogens (primary N) is 1. The smallest absolute Gasteiger partial charge is 0.00817 e. The largest absolute Gasteiger partial charge is 0.327 e. The molecule has 0 rings (SSSR count). The predicted octanol–water partition coefficient (Wildman–Crippen LogP) is 3.66. The summed E-state index contributed by atoms with van der Waals surface area (Å²) in [7, 11) is 0. The second kappa shape index (κ2) is 6.83. The van der Waals surface area contributed by atoms with Crippen molar-refractivity contribution in [1.29, 1.82) is 0 Å². The summed E-state index contributed by atoms with van der Waals surface area (Å²) in [6.45, 7) is 12.7. The first-order chi connectivity index (χ1) is 6.51. The van der Waals surface area contributed by atoms with Crippen molar-refractivity contribution in [1.82, 2.24) is 0 Å². The second-order valence-electron chi connectivity index (χ2n) is 4.29. The van der Waals surface area contributed by atoms with Crippen LogP contribution in [0.3, 0.4) is 0 Å². The van der Waals surface area contributed by atoms with Gasteiger partial charge in [-0.1, -0.05) is 44.1 Å². The third-order valence-electron chi connectivity index (χ3n) is 2.90. The summed E-state index contributed by atoms with van der Waals surface area (Å²) in [4.78, 5) is 0. The number of allylic oxidation sites excluding steroid dienone is 2. The Bertz CT molecular complexity index is 203. The van der Waals surface area contributed by atoms with Crippen LogP contribution >= 0.6 is 0 Å². The van der Waals surface area contributed by atoms with Gasteiger partial charge in [-0.25, -0.2) is 0 Å². The number of hydrogen-bond donors (Lipinski definition) is 1. The van der Waals surface area contributed by atoms with Gasteiger partial charge in [-0.05, 0) is 32.6 Å². The molecule has 2 atom stereocenters. The number of hydrogen-bond acceptors (Lipinski definition) is 1. The third-order valence-corrected chi connectivity index (χ3v) is 2.90. The van der Waals surface area contributed by atoms with Crippen molar-refractivity contribution in [2.75, 3.05) is 0 Å². The maximum absolute atomic E-state index is 6.06. The van der Waals surface area contributed by atoms with Crippen molar-refractivity contribution in [3.8, 4) is 0 Å². The molecule has 0 radical (unpaired) electrons. The highest BCUT2D eigenvalue weighted by molar-refractivity contribution is 5.25. The summed E-state index contributed by atoms with van der Waals surface area (Å²) in [5.74, 6) is 0.726. The molecule has 0 aliphatic carbocycles. The monoisotopic (exact) mass is 195 g/mol. The Balaban J connectivity index is 3.94. The topological polar surface area (TPSA) is 26.0 Å². The lowest BCUT2D eigenvalue weighted by Crippen LogP contribution is -2.23. The lowest BCUT2D eigenvalue weighted by Gasteiger charge is -2.17. The standard InChI is InChI=1S/C13H25N/c1-6-10(3)8-13(14)9-12(5)11(4)7-2/h7,10,13H,5-6,8-9,14H2,1-4H3/b11-7+/t10-,13+/m0/s1. The van der Waals surface area contributed by atoms with E-state index in [2.05, 4.69) is 33.4 Å². The van der Waals surface area contributed by atoms with Crippen LogP contribution in [0, 0.1) is 5.92 Å². The highest BCUT2D eigenvalue weighted by Crippen LogP contribution is 2.17. The van der Waals surface area contributed by atoms with Crippen molar-refractivity contribution >= 4 is 0 Å². The Kier molecular flexibility index (Phi) is 6.56. The van der Waals surface area contributed by atoms with Crippen LogP contribution < -0.4 is 5.73 Å². The Morgan fingerprint density at radius 3 is 2.50 bits per heavy atom. The zero-order valence-corrected chi connectivity index (χ0v) is 10.1. The predicted molar refractivity (Wildman–Crippen MR) is 65.2 cm³/mol. The Morgan fingerprint density at radius 2 is 2.07 bits per heavy atom. The van der Waals surface area contributed by atoms with E-state index in [-0.39, 0.29) is 6.04 Å². The van der Waals surface area contributed by atoms with E-state index in [0.717, 1.165) is 18.8 Å². The molecule has 0 saturated carbocycles. The Morgan fingerprint density at radius 1 is 1.50 bits per heavy atom. The minimum absolute atomic E-state index is 0.271. The first-order valence-electron chi connectivity index (χ1n) is 5.57. The highest BCUT2D eigenvalue weighted by atomic mass is 14.6. The average Bonchev–Trinajstić information content (AvgIpc) is 2.15. The van der Waals surface area contributed by atoms with Gasteiger partial charge in [0, 0.05) is 6.04 Å². The lowest BCUT2D eigenvalue weighted by atomic mass is 9.93. The molecule has 14 heavy (non-hydrogen) atoms. The molecule has 0 spiro atoms. The fourth-order valence-electron chi connectivity index (χ4n) is 1.45. The van der Waals surface area contributed by atoms with Gasteiger partial charge in [-0.15, -0.1) is 0 Å². The molecule has 82 valence electrons. The van der Waals surface area contributed by atoms with Crippen molar-refractivity contribution in [2.24, 2.45) is 11.7 Å². The lowest BCUT2D eigenvalue weighted by molar-refractivity contribution is 0.450. The molecular weight excluding hydrogens is 170 g/mol. The van der Waals surface area contributed by atoms with Gasteiger partial charge in [0.2, 0.25) is 0 Å². The molecule has 0 aliphatic heterocycles. The second-order valence-corrected chi connectivity index (χ2v) is 4.29. The summed E-state index contributed by atoms with van der Waals surface area (Å²) in [5.41, 5.74) is 8.51. The van der Waals surface area contributed by atoms with Crippen LogP contribution in [0.2, 0.25) is 0 Å². The SMILES string of the molecule is C=C(C[C@H](N)C[C@@H](C)CC)/C(C)=C/C. The minimum Gasteiger partial charge on any atom is -0.327 e. The van der Waals surface area contributed by atoms with Crippen LogP contribution in [0.15, 0.2) is 23.8 Å². The summed E-state index contributed by atoms with van der Waals surface area (Å²) < 4.78 is 0. The molecule has 0 aromatic carbocycles. The summed E-state index contributed by atoms with van der Waals surface area (Å²) in [6.07, 6.45) is 5.34. The van der Waals surface area contributed by atoms with Crippen molar-refractivity contribution in [3.05, 3.63) is 23.8 Å². The van der Waals surface area contributed by atoms with Crippen LogP contribution in [-0.4, -0.2) is 6.04 Å². The molecule has 0 amide bonds. The van der Waals surface area contributed by atoms with Crippen LogP contribution in [0.4, 0.5) is 0 Å². The molecule has 0 saturated heterocycles. The van der Waals surface area contributed by atoms with E-state index in [0.29, 0.717) is 0 Å². The van der Waals surface area contributed by atoms with Crippen molar-refractivity contribution in [3.63, 3.8) is 0 Å². The first kappa shape index (κ1) is 13.4. The molecule has 0 aliphatic rings. The Hall–Kier alpha value is -0.560. The van der Waals surface area contributed by atoms with Crippen LogP contribution in [0.25, 0.3) is 0 Å². The fourth-order valence-corrected chi connectivity index (χ4v) is 1.45. The van der Waals surface area contributed by atoms with Crippen LogP contribution in [0.1, 0.15) is 47.0 Å². The van der Waals surface area contributed by atoms with Crippen molar-refractivity contribution in [2.45, 2.75) is 53.0 Å². The first-order valence-corrected chi connectivity index (χ1v) is 5.57. The van der Waals surface area contributed by atoms with E-state index in [4.69, 9.17) is 5.73 Å². The van der Waals surface area contributed by atoms with E-state index < -0.39 is 0 Å². The molecule has 0 aromatic heterocycles. The zero-order chi connectivity index (χ0) is 11.1. The average molecular weight is 195 g/mol. The van der Waals surface area contributed by atoms with E-state index in [1.165, 1.54) is 17.6 Å². The molecule has 2 N–H and O–H groups in total. The summed E-state index contributed by atoms with van der Waals surface area (Å²) >= 11 is 0. The van der Waals surface area contributed by atoms with Gasteiger partial charge in [-0.3, -0.25) is 0 Å². The van der Waals surface area contributed by atoms with E-state index in [9.17, 15) is 0 Å². The Labute approximate surface area is 89.1 Å². The van der Waals surface area contributed by atoms with E-state index >= 15 is 0 Å². The van der Waals surface area contributed by atoms with Gasteiger partial charge < -0.3 is 5.73 Å². The minimum atomic E-state index is 0.271. The van der Waals surface area contributed by atoms with Gasteiger partial charge in [-0.2, -0.15) is 0 Å². The van der Waals surface area contributed by atoms with Gasteiger partial charge in [0.05, 0.1) is 0 Å². The molecule has 0 heterocycles. The van der Waals surface area contributed by atoms with Crippen molar-refractivity contribution < 1.29 is 0 Å². The molecule has 0 bridgehead atoms. The molecule has 1 nitrogen and oxygen atoms in total. The molecule has 0 fully saturated rings. The van der Waals surface area contributed by atoms with Gasteiger partial charge in [0.1, 0.15) is 0 Å². The fraction of sp³-hybridized carbons (Fsp3) is 0.692. The molecule has 0 unspecified atom stereocenters. The normalized spacial score (nSPS) is 16.5. The van der Waals surface area contributed by atoms with E-state index in [1.807, 2.05) is 6.92 Å². The maximum Gasteiger partial charge on any atom is 0.00817 e. The number of rotatable bonds is 6. The maximum atomic E-state index is 6.06. The summed E-state index contributed by atoms with van der Waals surface area (Å²) in [6, 6.07) is 0.271. The van der Waals surface area contributed by atoms with Gasteiger partial charge in [0.15, 0.2) is 0 Å². The highest BCUT2D eigenvalue weighted by Gasteiger charge is 2.09. The zero-order valence-electron chi connectivity index (χ0n) is 10.1. The molecule has 0 aromatic rings. The van der Waals surface area contributed by atoms with E-state index in [1.54, 1.807) is 0 Å². The van der Waals surface area contributed by atoms with Crippen LogP contribution in [0.5, 0.6) is 0 Å². The van der Waals surface area contributed by atoms with Gasteiger partial charge >= 0.3 is 0 Å². The van der Waals surface area contributed by atoms with Crippen LogP contribution in [-0.2, 0) is 0 Å².